The molecule has 0 bridgehead atoms. The van der Waals surface area contributed by atoms with Crippen molar-refractivity contribution in [2.75, 3.05) is 6.61 Å². The summed E-state index contributed by atoms with van der Waals surface area (Å²) in [6.07, 6.45) is 7.75. The Morgan fingerprint density at radius 1 is 1.00 bits per heavy atom. The molecule has 6 nitrogen and oxygen atoms in total. The van der Waals surface area contributed by atoms with Crippen molar-refractivity contribution in [2.45, 2.75) is 85.0 Å². The van der Waals surface area contributed by atoms with Crippen LogP contribution in [0.5, 0.6) is 0 Å². The van der Waals surface area contributed by atoms with Crippen LogP contribution in [0.3, 0.4) is 0 Å². The van der Waals surface area contributed by atoms with Gasteiger partial charge in [0.2, 0.25) is 0 Å². The highest BCUT2D eigenvalue weighted by molar-refractivity contribution is 9.10. The molecule has 1 fully saturated rings. The summed E-state index contributed by atoms with van der Waals surface area (Å²) in [6.45, 7) is 13.2. The zero-order valence-corrected chi connectivity index (χ0v) is 23.6. The van der Waals surface area contributed by atoms with Crippen molar-refractivity contribution in [2.24, 2.45) is 5.41 Å². The van der Waals surface area contributed by atoms with Crippen LogP contribution in [0.2, 0.25) is 0 Å². The molecule has 1 aliphatic carbocycles. The largest absolute Gasteiger partial charge is 0.375 e. The molecule has 0 atom stereocenters. The second kappa shape index (κ2) is 9.49. The lowest BCUT2D eigenvalue weighted by molar-refractivity contribution is -0.0912. The van der Waals surface area contributed by atoms with Crippen LogP contribution in [0.4, 0.5) is 0 Å². The first-order valence-corrected chi connectivity index (χ1v) is 13.8. The van der Waals surface area contributed by atoms with Gasteiger partial charge in [0, 0.05) is 46.5 Å². The number of imidazole rings is 1. The SMILES string of the molecule is CC(C)(C)C(C)(C)OCCCCn1c(Cn2c(=O)n(C3CC3)c3ccncc32)cc2cc(Br)ccc21. The molecule has 7 heteroatoms. The van der Waals surface area contributed by atoms with Crippen LogP contribution in [-0.4, -0.2) is 30.9 Å². The standard InChI is InChI=1S/C29H37BrN4O2/c1-28(2,3)29(4,5)36-15-7-6-14-32-23(17-20-16-21(30)8-11-24(20)32)19-33-26-18-31-13-12-25(26)34(27(33)35)22-9-10-22/h8,11-13,16-18,22H,6-7,9-10,14-15,19H2,1-5H3. The van der Waals surface area contributed by atoms with E-state index in [4.69, 9.17) is 4.74 Å². The predicted octanol–water partition coefficient (Wildman–Crippen LogP) is 6.92. The third-order valence-corrected chi connectivity index (χ3v) is 8.48. The van der Waals surface area contributed by atoms with Gasteiger partial charge in [0.05, 0.1) is 29.4 Å². The number of ether oxygens (including phenoxy) is 1. The topological polar surface area (TPSA) is 54.0 Å². The summed E-state index contributed by atoms with van der Waals surface area (Å²) in [5.74, 6) is 0. The fraction of sp³-hybridized carbons (Fsp3) is 0.517. The molecular weight excluding hydrogens is 516 g/mol. The first kappa shape index (κ1) is 25.3. The van der Waals surface area contributed by atoms with Crippen LogP contribution in [0.1, 0.15) is 72.0 Å². The smallest absolute Gasteiger partial charge is 0.329 e. The van der Waals surface area contributed by atoms with Gasteiger partial charge < -0.3 is 9.30 Å². The van der Waals surface area contributed by atoms with Gasteiger partial charge in [-0.1, -0.05) is 36.7 Å². The number of hydrogen-bond donors (Lipinski definition) is 0. The molecule has 36 heavy (non-hydrogen) atoms. The van der Waals surface area contributed by atoms with E-state index in [0.29, 0.717) is 12.6 Å². The average molecular weight is 554 g/mol. The molecule has 0 spiro atoms. The third kappa shape index (κ3) is 4.80. The lowest BCUT2D eigenvalue weighted by atomic mass is 9.79. The number of nitrogens with zero attached hydrogens (tertiary/aromatic N) is 4. The van der Waals surface area contributed by atoms with Gasteiger partial charge in [-0.25, -0.2) is 4.79 Å². The van der Waals surface area contributed by atoms with Gasteiger partial charge in [0.15, 0.2) is 0 Å². The zero-order chi connectivity index (χ0) is 25.7. The number of rotatable bonds is 9. The first-order chi connectivity index (χ1) is 17.1. The molecule has 0 aliphatic heterocycles. The third-order valence-electron chi connectivity index (χ3n) is 7.99. The number of aromatic nitrogens is 4. The zero-order valence-electron chi connectivity index (χ0n) is 22.1. The van der Waals surface area contributed by atoms with Crippen LogP contribution >= 0.6 is 15.9 Å². The number of fused-ring (bicyclic) bond motifs is 2. The second-order valence-corrected chi connectivity index (χ2v) is 12.6. The van der Waals surface area contributed by atoms with Gasteiger partial charge in [0.25, 0.3) is 0 Å². The molecule has 1 saturated carbocycles. The summed E-state index contributed by atoms with van der Waals surface area (Å²) in [4.78, 5) is 17.8. The van der Waals surface area contributed by atoms with Crippen molar-refractivity contribution < 1.29 is 4.74 Å². The van der Waals surface area contributed by atoms with E-state index in [0.717, 1.165) is 60.0 Å². The molecule has 3 heterocycles. The second-order valence-electron chi connectivity index (χ2n) is 11.6. The Kier molecular flexibility index (Phi) is 6.66. The van der Waals surface area contributed by atoms with Gasteiger partial charge in [0.1, 0.15) is 0 Å². The summed E-state index contributed by atoms with van der Waals surface area (Å²) in [7, 11) is 0. The van der Waals surface area contributed by atoms with E-state index in [1.54, 1.807) is 6.20 Å². The predicted molar refractivity (Wildman–Crippen MR) is 150 cm³/mol. The van der Waals surface area contributed by atoms with E-state index < -0.39 is 0 Å². The fourth-order valence-corrected chi connectivity index (χ4v) is 5.12. The highest BCUT2D eigenvalue weighted by atomic mass is 79.9. The van der Waals surface area contributed by atoms with Crippen LogP contribution in [0, 0.1) is 5.41 Å². The number of unbranched alkanes of at least 4 members (excludes halogenated alkanes) is 1. The van der Waals surface area contributed by atoms with Crippen LogP contribution in [0.15, 0.2) is 52.0 Å². The molecule has 0 N–H and O–H groups in total. The molecule has 4 aromatic rings. The van der Waals surface area contributed by atoms with Crippen molar-refractivity contribution >= 4 is 37.9 Å². The normalized spacial score (nSPS) is 14.8. The Balaban J connectivity index is 1.41. The minimum absolute atomic E-state index is 0.0660. The van der Waals surface area contributed by atoms with E-state index in [2.05, 4.69) is 84.4 Å². The number of halogens is 1. The van der Waals surface area contributed by atoms with Gasteiger partial charge in [-0.3, -0.25) is 14.1 Å². The maximum absolute atomic E-state index is 13.5. The van der Waals surface area contributed by atoms with Gasteiger partial charge in [-0.15, -0.1) is 0 Å². The fourth-order valence-electron chi connectivity index (χ4n) is 4.74. The summed E-state index contributed by atoms with van der Waals surface area (Å²) >= 11 is 3.62. The van der Waals surface area contributed by atoms with Crippen molar-refractivity contribution in [1.82, 2.24) is 18.7 Å². The van der Waals surface area contributed by atoms with E-state index in [1.807, 2.05) is 21.4 Å². The minimum atomic E-state index is -0.171. The van der Waals surface area contributed by atoms with Gasteiger partial charge in [-0.2, -0.15) is 0 Å². The van der Waals surface area contributed by atoms with E-state index in [9.17, 15) is 4.79 Å². The quantitative estimate of drug-likeness (QED) is 0.212. The molecule has 1 aliphatic rings. The number of hydrogen-bond acceptors (Lipinski definition) is 3. The van der Waals surface area contributed by atoms with Crippen LogP contribution in [0.25, 0.3) is 21.9 Å². The molecule has 0 radical (unpaired) electrons. The molecule has 0 saturated heterocycles. The molecule has 0 amide bonds. The van der Waals surface area contributed by atoms with Crippen LogP contribution in [-0.2, 0) is 17.8 Å². The van der Waals surface area contributed by atoms with E-state index in [-0.39, 0.29) is 16.7 Å². The lowest BCUT2D eigenvalue weighted by Gasteiger charge is -2.38. The van der Waals surface area contributed by atoms with Crippen molar-refractivity contribution in [3.05, 3.63) is 63.4 Å². The Bertz CT molecular complexity index is 1450. The molecule has 0 unspecified atom stereocenters. The number of pyridine rings is 1. The summed E-state index contributed by atoms with van der Waals surface area (Å²) in [5.41, 5.74) is 4.21. The van der Waals surface area contributed by atoms with E-state index >= 15 is 0 Å². The monoisotopic (exact) mass is 552 g/mol. The van der Waals surface area contributed by atoms with Crippen molar-refractivity contribution in [3.63, 3.8) is 0 Å². The van der Waals surface area contributed by atoms with Crippen molar-refractivity contribution in [3.8, 4) is 0 Å². The molecule has 5 rings (SSSR count). The molecule has 192 valence electrons. The molecule has 3 aromatic heterocycles. The Labute approximate surface area is 221 Å². The summed E-state index contributed by atoms with van der Waals surface area (Å²) in [5, 5.41) is 1.18. The highest BCUT2D eigenvalue weighted by Gasteiger charge is 2.33. The summed E-state index contributed by atoms with van der Waals surface area (Å²) < 4.78 is 13.6. The Hall–Kier alpha value is -2.38. The van der Waals surface area contributed by atoms with E-state index in [1.165, 1.54) is 10.9 Å². The summed E-state index contributed by atoms with van der Waals surface area (Å²) in [6, 6.07) is 10.9. The maximum atomic E-state index is 13.5. The number of aryl methyl sites for hydroxylation is 1. The molecular formula is C29H37BrN4O2. The highest BCUT2D eigenvalue weighted by Crippen LogP contribution is 2.36. The lowest BCUT2D eigenvalue weighted by Crippen LogP contribution is -2.39. The molecule has 1 aromatic carbocycles. The van der Waals surface area contributed by atoms with Gasteiger partial charge >= 0.3 is 5.69 Å². The minimum Gasteiger partial charge on any atom is -0.375 e. The Morgan fingerprint density at radius 2 is 1.78 bits per heavy atom. The maximum Gasteiger partial charge on any atom is 0.329 e. The number of benzene rings is 1. The van der Waals surface area contributed by atoms with Crippen molar-refractivity contribution in [1.29, 1.82) is 0 Å². The Morgan fingerprint density at radius 3 is 2.50 bits per heavy atom. The van der Waals surface area contributed by atoms with Crippen LogP contribution < -0.4 is 5.69 Å². The first-order valence-electron chi connectivity index (χ1n) is 13.0. The average Bonchev–Trinajstić information content (AvgIpc) is 3.53. The van der Waals surface area contributed by atoms with Gasteiger partial charge in [-0.05, 0) is 75.3 Å².